The maximum Gasteiger partial charge on any atom is 0.202 e. The summed E-state index contributed by atoms with van der Waals surface area (Å²) >= 11 is 0. The zero-order valence-electron chi connectivity index (χ0n) is 10.6. The highest BCUT2D eigenvalue weighted by Gasteiger charge is 2.23. The Morgan fingerprint density at radius 2 is 1.85 bits per heavy atom. The Bertz CT molecular complexity index is 818. The number of halogens is 2. The van der Waals surface area contributed by atoms with Crippen molar-refractivity contribution in [3.05, 3.63) is 71.0 Å². The molecule has 0 atom stereocenters. The number of fused-ring (bicyclic) bond motifs is 1. The molecule has 0 bridgehead atoms. The van der Waals surface area contributed by atoms with E-state index in [0.717, 1.165) is 6.07 Å². The SMILES string of the molecule is Cc1ccc(F)c(C(=O)c2coc3ccccc23)c1F. The van der Waals surface area contributed by atoms with Crippen molar-refractivity contribution in [2.75, 3.05) is 0 Å². The number of rotatable bonds is 2. The van der Waals surface area contributed by atoms with Gasteiger partial charge in [-0.05, 0) is 24.6 Å². The third kappa shape index (κ3) is 1.81. The molecule has 100 valence electrons. The Morgan fingerprint density at radius 1 is 1.10 bits per heavy atom. The topological polar surface area (TPSA) is 30.2 Å². The van der Waals surface area contributed by atoms with E-state index in [0.29, 0.717) is 11.0 Å². The minimum atomic E-state index is -0.872. The summed E-state index contributed by atoms with van der Waals surface area (Å²) < 4.78 is 33.0. The quantitative estimate of drug-likeness (QED) is 0.653. The van der Waals surface area contributed by atoms with E-state index in [2.05, 4.69) is 0 Å². The molecule has 3 aromatic rings. The maximum absolute atomic E-state index is 14.0. The molecule has 2 aromatic carbocycles. The third-order valence-corrected chi connectivity index (χ3v) is 3.24. The molecular formula is C16H10F2O2. The van der Waals surface area contributed by atoms with E-state index in [1.807, 2.05) is 0 Å². The largest absolute Gasteiger partial charge is 0.464 e. The molecule has 0 N–H and O–H groups in total. The van der Waals surface area contributed by atoms with Gasteiger partial charge in [0.2, 0.25) is 5.78 Å². The second-order valence-corrected chi connectivity index (χ2v) is 4.53. The Hall–Kier alpha value is -2.49. The first-order valence-electron chi connectivity index (χ1n) is 6.05. The smallest absolute Gasteiger partial charge is 0.202 e. The van der Waals surface area contributed by atoms with E-state index >= 15 is 0 Å². The van der Waals surface area contributed by atoms with Gasteiger partial charge in [0.05, 0.1) is 11.1 Å². The highest BCUT2D eigenvalue weighted by Crippen LogP contribution is 2.26. The molecule has 0 unspecified atom stereocenters. The van der Waals surface area contributed by atoms with Gasteiger partial charge in [-0.1, -0.05) is 24.3 Å². The number of ketones is 1. The van der Waals surface area contributed by atoms with Gasteiger partial charge >= 0.3 is 0 Å². The normalized spacial score (nSPS) is 10.9. The van der Waals surface area contributed by atoms with Crippen LogP contribution in [0.5, 0.6) is 0 Å². The molecule has 0 spiro atoms. The molecule has 0 saturated carbocycles. The molecule has 0 saturated heterocycles. The summed E-state index contributed by atoms with van der Waals surface area (Å²) in [6, 6.07) is 9.25. The van der Waals surface area contributed by atoms with E-state index < -0.39 is 23.0 Å². The monoisotopic (exact) mass is 272 g/mol. The first-order chi connectivity index (χ1) is 9.59. The van der Waals surface area contributed by atoms with Crippen LogP contribution in [-0.4, -0.2) is 5.78 Å². The highest BCUT2D eigenvalue weighted by molar-refractivity contribution is 6.16. The van der Waals surface area contributed by atoms with E-state index in [4.69, 9.17) is 4.42 Å². The number of aryl methyl sites for hydroxylation is 1. The van der Waals surface area contributed by atoms with Crippen LogP contribution in [0.4, 0.5) is 8.78 Å². The van der Waals surface area contributed by atoms with Crippen LogP contribution in [0.2, 0.25) is 0 Å². The number of benzene rings is 2. The Balaban J connectivity index is 2.21. The second kappa shape index (κ2) is 4.56. The first-order valence-corrected chi connectivity index (χ1v) is 6.05. The number of hydrogen-bond donors (Lipinski definition) is 0. The van der Waals surface area contributed by atoms with Crippen LogP contribution in [0.25, 0.3) is 11.0 Å². The Morgan fingerprint density at radius 3 is 2.65 bits per heavy atom. The van der Waals surface area contributed by atoms with Crippen LogP contribution < -0.4 is 0 Å². The fourth-order valence-electron chi connectivity index (χ4n) is 2.15. The summed E-state index contributed by atoms with van der Waals surface area (Å²) in [6.07, 6.45) is 1.23. The van der Waals surface area contributed by atoms with Crippen LogP contribution in [-0.2, 0) is 0 Å². The predicted octanol–water partition coefficient (Wildman–Crippen LogP) is 4.25. The molecule has 3 rings (SSSR count). The van der Waals surface area contributed by atoms with Crippen molar-refractivity contribution in [3.8, 4) is 0 Å². The van der Waals surface area contributed by atoms with Gasteiger partial charge in [0.1, 0.15) is 23.5 Å². The molecular weight excluding hydrogens is 262 g/mol. The molecule has 2 nitrogen and oxygen atoms in total. The molecule has 1 aromatic heterocycles. The minimum absolute atomic E-state index is 0.156. The number of furan rings is 1. The fourth-order valence-corrected chi connectivity index (χ4v) is 2.15. The van der Waals surface area contributed by atoms with Gasteiger partial charge in [0.15, 0.2) is 0 Å². The highest BCUT2D eigenvalue weighted by atomic mass is 19.1. The fraction of sp³-hybridized carbons (Fsp3) is 0.0625. The van der Waals surface area contributed by atoms with Crippen LogP contribution in [0.1, 0.15) is 21.5 Å². The maximum atomic E-state index is 14.0. The van der Waals surface area contributed by atoms with Gasteiger partial charge in [-0.3, -0.25) is 4.79 Å². The molecule has 20 heavy (non-hydrogen) atoms. The van der Waals surface area contributed by atoms with Gasteiger partial charge in [0, 0.05) is 5.39 Å². The minimum Gasteiger partial charge on any atom is -0.464 e. The summed E-state index contributed by atoms with van der Waals surface area (Å²) in [5, 5.41) is 0.540. The number of carbonyl (C=O) groups excluding carboxylic acids is 1. The number of carbonyl (C=O) groups is 1. The molecule has 0 radical (unpaired) electrons. The van der Waals surface area contributed by atoms with Crippen molar-refractivity contribution in [1.82, 2.24) is 0 Å². The average Bonchev–Trinajstić information content (AvgIpc) is 2.87. The average molecular weight is 272 g/mol. The molecule has 0 aliphatic heterocycles. The number of hydrogen-bond acceptors (Lipinski definition) is 2. The second-order valence-electron chi connectivity index (χ2n) is 4.53. The van der Waals surface area contributed by atoms with Crippen LogP contribution >= 0.6 is 0 Å². The van der Waals surface area contributed by atoms with E-state index in [1.54, 1.807) is 24.3 Å². The van der Waals surface area contributed by atoms with Crippen molar-refractivity contribution >= 4 is 16.8 Å². The number of para-hydroxylation sites is 1. The molecule has 0 amide bonds. The van der Waals surface area contributed by atoms with Gasteiger partial charge in [-0.25, -0.2) is 8.78 Å². The van der Waals surface area contributed by atoms with Gasteiger partial charge < -0.3 is 4.42 Å². The molecule has 0 aliphatic carbocycles. The Labute approximate surface area is 113 Å². The van der Waals surface area contributed by atoms with Crippen molar-refractivity contribution in [2.24, 2.45) is 0 Å². The lowest BCUT2D eigenvalue weighted by molar-refractivity contribution is 0.103. The molecule has 1 heterocycles. The van der Waals surface area contributed by atoms with Gasteiger partial charge in [0.25, 0.3) is 0 Å². The first kappa shape index (κ1) is 12.5. The van der Waals surface area contributed by atoms with E-state index in [1.165, 1.54) is 19.3 Å². The van der Waals surface area contributed by atoms with Crippen LogP contribution in [0.3, 0.4) is 0 Å². The van der Waals surface area contributed by atoms with Crippen molar-refractivity contribution in [1.29, 1.82) is 0 Å². The summed E-state index contributed by atoms with van der Waals surface area (Å²) in [5.74, 6) is -2.42. The molecule has 0 aliphatic rings. The summed E-state index contributed by atoms with van der Waals surface area (Å²) in [7, 11) is 0. The predicted molar refractivity (Wildman–Crippen MR) is 70.7 cm³/mol. The summed E-state index contributed by atoms with van der Waals surface area (Å²) in [4.78, 5) is 12.4. The summed E-state index contributed by atoms with van der Waals surface area (Å²) in [5.41, 5.74) is 0.340. The van der Waals surface area contributed by atoms with Gasteiger partial charge in [-0.15, -0.1) is 0 Å². The van der Waals surface area contributed by atoms with Crippen LogP contribution in [0.15, 0.2) is 47.1 Å². The van der Waals surface area contributed by atoms with Crippen molar-refractivity contribution in [3.63, 3.8) is 0 Å². The zero-order valence-corrected chi connectivity index (χ0v) is 10.6. The summed E-state index contributed by atoms with van der Waals surface area (Å²) in [6.45, 7) is 1.49. The lowest BCUT2D eigenvalue weighted by atomic mass is 10.00. The standard InChI is InChI=1S/C16H10F2O2/c1-9-6-7-12(17)14(15(9)18)16(19)11-8-20-13-5-3-2-4-10(11)13/h2-8H,1H3. The van der Waals surface area contributed by atoms with E-state index in [-0.39, 0.29) is 11.1 Å². The van der Waals surface area contributed by atoms with E-state index in [9.17, 15) is 13.6 Å². The van der Waals surface area contributed by atoms with Gasteiger partial charge in [-0.2, -0.15) is 0 Å². The van der Waals surface area contributed by atoms with Crippen molar-refractivity contribution in [2.45, 2.75) is 6.92 Å². The van der Waals surface area contributed by atoms with Crippen LogP contribution in [0, 0.1) is 18.6 Å². The Kier molecular flexibility index (Phi) is 2.86. The lowest BCUT2D eigenvalue weighted by Gasteiger charge is -2.05. The molecule has 0 fully saturated rings. The lowest BCUT2D eigenvalue weighted by Crippen LogP contribution is -2.08. The third-order valence-electron chi connectivity index (χ3n) is 3.24. The zero-order chi connectivity index (χ0) is 14.3. The molecule has 4 heteroatoms. The van der Waals surface area contributed by atoms with Crippen molar-refractivity contribution < 1.29 is 18.0 Å².